The fourth-order valence-corrected chi connectivity index (χ4v) is 3.74. The Bertz CT molecular complexity index is 544. The van der Waals surface area contributed by atoms with Gasteiger partial charge in [-0.2, -0.15) is 0 Å². The van der Waals surface area contributed by atoms with E-state index in [9.17, 15) is 4.79 Å². The van der Waals surface area contributed by atoms with Crippen molar-refractivity contribution in [2.24, 2.45) is 5.73 Å². The summed E-state index contributed by atoms with van der Waals surface area (Å²) in [7, 11) is 0. The maximum absolute atomic E-state index is 12.5. The van der Waals surface area contributed by atoms with E-state index >= 15 is 0 Å². The number of amides is 1. The van der Waals surface area contributed by atoms with Gasteiger partial charge in [-0.15, -0.1) is 0 Å². The average Bonchev–Trinajstić information content (AvgIpc) is 2.42. The van der Waals surface area contributed by atoms with Crippen molar-refractivity contribution in [3.8, 4) is 0 Å². The Morgan fingerprint density at radius 2 is 2.00 bits per heavy atom. The molecular formula is C14H16BrIN2OS. The molecule has 1 aromatic rings. The van der Waals surface area contributed by atoms with Crippen LogP contribution in [0.3, 0.4) is 0 Å². The third-order valence-electron chi connectivity index (χ3n) is 3.70. The third kappa shape index (κ3) is 3.51. The molecule has 1 fully saturated rings. The lowest BCUT2D eigenvalue weighted by molar-refractivity contribution is 0.0907. The Balaban J connectivity index is 2.24. The summed E-state index contributed by atoms with van der Waals surface area (Å²) < 4.78 is 1.80. The van der Waals surface area contributed by atoms with Gasteiger partial charge >= 0.3 is 0 Å². The van der Waals surface area contributed by atoms with Crippen molar-refractivity contribution in [2.45, 2.75) is 37.6 Å². The third-order valence-corrected chi connectivity index (χ3v) is 5.53. The van der Waals surface area contributed by atoms with Gasteiger partial charge in [0.25, 0.3) is 5.91 Å². The Kier molecular flexibility index (Phi) is 5.42. The first kappa shape index (κ1) is 16.2. The molecule has 108 valence electrons. The molecule has 0 aliphatic heterocycles. The van der Waals surface area contributed by atoms with E-state index in [1.54, 1.807) is 0 Å². The molecule has 1 aliphatic carbocycles. The van der Waals surface area contributed by atoms with Crippen molar-refractivity contribution < 1.29 is 4.79 Å². The number of benzene rings is 1. The summed E-state index contributed by atoms with van der Waals surface area (Å²) in [5.41, 5.74) is 6.04. The minimum atomic E-state index is -0.518. The van der Waals surface area contributed by atoms with E-state index in [0.29, 0.717) is 10.6 Å². The van der Waals surface area contributed by atoms with Gasteiger partial charge in [0.1, 0.15) is 0 Å². The van der Waals surface area contributed by atoms with Gasteiger partial charge < -0.3 is 11.1 Å². The molecule has 0 atom stereocenters. The van der Waals surface area contributed by atoms with E-state index in [0.717, 1.165) is 33.7 Å². The highest BCUT2D eigenvalue weighted by atomic mass is 127. The molecule has 0 radical (unpaired) electrons. The SMILES string of the molecule is NC(=S)C1(NC(=O)c2cc(Br)ccc2I)CCCCC1. The summed E-state index contributed by atoms with van der Waals surface area (Å²) in [6.45, 7) is 0. The van der Waals surface area contributed by atoms with Crippen LogP contribution in [0.15, 0.2) is 22.7 Å². The van der Waals surface area contributed by atoms with Crippen molar-refractivity contribution in [1.82, 2.24) is 5.32 Å². The van der Waals surface area contributed by atoms with Crippen LogP contribution < -0.4 is 11.1 Å². The van der Waals surface area contributed by atoms with Crippen LogP contribution in [0.2, 0.25) is 0 Å². The predicted molar refractivity (Wildman–Crippen MR) is 96.9 cm³/mol. The smallest absolute Gasteiger partial charge is 0.253 e. The molecule has 0 aromatic heterocycles. The number of carbonyl (C=O) groups is 1. The van der Waals surface area contributed by atoms with Gasteiger partial charge in [0, 0.05) is 8.04 Å². The molecule has 0 saturated heterocycles. The quantitative estimate of drug-likeness (QED) is 0.526. The highest BCUT2D eigenvalue weighted by molar-refractivity contribution is 14.1. The number of hydrogen-bond donors (Lipinski definition) is 2. The lowest BCUT2D eigenvalue weighted by Crippen LogP contribution is -2.57. The molecule has 1 saturated carbocycles. The van der Waals surface area contributed by atoms with Crippen LogP contribution in [0.5, 0.6) is 0 Å². The molecule has 0 bridgehead atoms. The molecule has 1 amide bonds. The monoisotopic (exact) mass is 466 g/mol. The van der Waals surface area contributed by atoms with E-state index in [1.165, 1.54) is 6.42 Å². The standard InChI is InChI=1S/C14H16BrIN2OS/c15-9-4-5-11(16)10(8-9)12(19)18-14(13(17)20)6-2-1-3-7-14/h4-5,8H,1-3,6-7H2,(H2,17,20)(H,18,19). The second-order valence-electron chi connectivity index (χ2n) is 5.09. The number of carbonyl (C=O) groups excluding carboxylic acids is 1. The van der Waals surface area contributed by atoms with Gasteiger partial charge in [-0.3, -0.25) is 4.79 Å². The maximum atomic E-state index is 12.5. The van der Waals surface area contributed by atoms with Gasteiger partial charge in [-0.05, 0) is 53.6 Å². The average molecular weight is 467 g/mol. The normalized spacial score (nSPS) is 17.5. The minimum Gasteiger partial charge on any atom is -0.391 e. The first-order chi connectivity index (χ1) is 9.44. The van der Waals surface area contributed by atoms with Crippen LogP contribution in [0.1, 0.15) is 42.5 Å². The molecule has 0 heterocycles. The highest BCUT2D eigenvalue weighted by Crippen LogP contribution is 2.29. The zero-order valence-electron chi connectivity index (χ0n) is 10.9. The van der Waals surface area contributed by atoms with Gasteiger partial charge in [0.05, 0.1) is 16.1 Å². The van der Waals surface area contributed by atoms with E-state index < -0.39 is 5.54 Å². The molecule has 6 heteroatoms. The van der Waals surface area contributed by atoms with Crippen LogP contribution in [-0.4, -0.2) is 16.4 Å². The molecule has 2 rings (SSSR count). The second-order valence-corrected chi connectivity index (χ2v) is 7.60. The Labute approximate surface area is 146 Å². The minimum absolute atomic E-state index is 0.106. The molecule has 3 N–H and O–H groups in total. The highest BCUT2D eigenvalue weighted by Gasteiger charge is 2.36. The summed E-state index contributed by atoms with van der Waals surface area (Å²) in [5, 5.41) is 3.09. The van der Waals surface area contributed by atoms with Gasteiger partial charge in [0.2, 0.25) is 0 Å². The number of halogens is 2. The Hall–Kier alpha value is -0.210. The number of rotatable bonds is 3. The molecule has 0 unspecified atom stereocenters. The van der Waals surface area contributed by atoms with Crippen LogP contribution >= 0.6 is 50.7 Å². The summed E-state index contributed by atoms with van der Waals surface area (Å²) in [6, 6.07) is 5.66. The zero-order chi connectivity index (χ0) is 14.8. The Morgan fingerprint density at radius 1 is 1.35 bits per heavy atom. The van der Waals surface area contributed by atoms with Crippen molar-refractivity contribution in [1.29, 1.82) is 0 Å². The van der Waals surface area contributed by atoms with E-state index in [-0.39, 0.29) is 5.91 Å². The molecule has 20 heavy (non-hydrogen) atoms. The number of nitrogens with one attached hydrogen (secondary N) is 1. The van der Waals surface area contributed by atoms with Crippen molar-refractivity contribution in [3.05, 3.63) is 31.8 Å². The summed E-state index contributed by atoms with van der Waals surface area (Å²) in [5.74, 6) is -0.106. The summed E-state index contributed by atoms with van der Waals surface area (Å²) in [6.07, 6.45) is 4.94. The molecule has 1 aliphatic rings. The van der Waals surface area contributed by atoms with E-state index in [4.69, 9.17) is 18.0 Å². The fraction of sp³-hybridized carbons (Fsp3) is 0.429. The number of thiocarbonyl (C=S) groups is 1. The van der Waals surface area contributed by atoms with Gasteiger partial charge in [-0.25, -0.2) is 0 Å². The largest absolute Gasteiger partial charge is 0.391 e. The second kappa shape index (κ2) is 6.70. The molecule has 3 nitrogen and oxygen atoms in total. The van der Waals surface area contributed by atoms with E-state index in [1.807, 2.05) is 18.2 Å². The first-order valence-electron chi connectivity index (χ1n) is 6.52. The van der Waals surface area contributed by atoms with Crippen molar-refractivity contribution in [3.63, 3.8) is 0 Å². The molecule has 1 aromatic carbocycles. The predicted octanol–water partition coefficient (Wildman–Crippen LogP) is 3.77. The zero-order valence-corrected chi connectivity index (χ0v) is 15.5. The van der Waals surface area contributed by atoms with Crippen molar-refractivity contribution >= 4 is 61.6 Å². The van der Waals surface area contributed by atoms with Crippen molar-refractivity contribution in [2.75, 3.05) is 0 Å². The number of hydrogen-bond acceptors (Lipinski definition) is 2. The van der Waals surface area contributed by atoms with Crippen LogP contribution in [-0.2, 0) is 0 Å². The lowest BCUT2D eigenvalue weighted by atomic mass is 9.81. The van der Waals surface area contributed by atoms with Gasteiger partial charge in [0.15, 0.2) is 0 Å². The summed E-state index contributed by atoms with van der Waals surface area (Å²) >= 11 is 10.8. The topological polar surface area (TPSA) is 55.1 Å². The molecular weight excluding hydrogens is 451 g/mol. The van der Waals surface area contributed by atoms with Crippen LogP contribution in [0.25, 0.3) is 0 Å². The summed E-state index contributed by atoms with van der Waals surface area (Å²) in [4.78, 5) is 12.9. The maximum Gasteiger partial charge on any atom is 0.253 e. The fourth-order valence-electron chi connectivity index (χ4n) is 2.54. The van der Waals surface area contributed by atoms with Crippen LogP contribution in [0, 0.1) is 3.57 Å². The van der Waals surface area contributed by atoms with Crippen LogP contribution in [0.4, 0.5) is 0 Å². The molecule has 0 spiro atoms. The first-order valence-corrected chi connectivity index (χ1v) is 8.80. The van der Waals surface area contributed by atoms with Gasteiger partial charge in [-0.1, -0.05) is 47.4 Å². The Morgan fingerprint density at radius 3 is 2.60 bits per heavy atom. The number of nitrogens with two attached hydrogens (primary N) is 1. The van der Waals surface area contributed by atoms with E-state index in [2.05, 4.69) is 43.8 Å². The lowest BCUT2D eigenvalue weighted by Gasteiger charge is -2.37.